The molecule has 0 bridgehead atoms. The van der Waals surface area contributed by atoms with Crippen molar-refractivity contribution in [3.63, 3.8) is 0 Å². The average molecular weight is 267 g/mol. The predicted molar refractivity (Wildman–Crippen MR) is 65.4 cm³/mol. The Bertz CT molecular complexity index is 492. The van der Waals surface area contributed by atoms with Gasteiger partial charge >= 0.3 is 12.1 Å². The zero-order chi connectivity index (χ0) is 14.2. The average Bonchev–Trinajstić information content (AvgIpc) is 2.82. The van der Waals surface area contributed by atoms with Gasteiger partial charge in [-0.25, -0.2) is 14.6 Å². The van der Waals surface area contributed by atoms with Crippen molar-refractivity contribution in [1.29, 1.82) is 0 Å². The summed E-state index contributed by atoms with van der Waals surface area (Å²) in [6.07, 6.45) is -0.390. The third kappa shape index (κ3) is 2.86. The van der Waals surface area contributed by atoms with Gasteiger partial charge in [0.2, 0.25) is 5.82 Å². The number of esters is 1. The lowest BCUT2D eigenvalue weighted by Gasteiger charge is -2.24. The van der Waals surface area contributed by atoms with Gasteiger partial charge < -0.3 is 14.5 Å². The molecule has 19 heavy (non-hydrogen) atoms. The van der Waals surface area contributed by atoms with Crippen molar-refractivity contribution in [3.8, 4) is 0 Å². The number of nitrogens with one attached hydrogen (secondary N) is 1. The number of nitrogens with zero attached hydrogens (tertiary/aromatic N) is 2. The number of fused-ring (bicyclic) bond motifs is 1. The molecule has 2 rings (SSSR count). The largest absolute Gasteiger partial charge is 0.463 e. The van der Waals surface area contributed by atoms with Gasteiger partial charge in [-0.3, -0.25) is 4.90 Å². The number of aromatic amines is 1. The van der Waals surface area contributed by atoms with E-state index in [0.717, 1.165) is 5.69 Å². The molecule has 0 spiro atoms. The smallest absolute Gasteiger partial charge is 0.410 e. The first-order chi connectivity index (χ1) is 8.80. The molecule has 0 atom stereocenters. The fraction of sp³-hybridized carbons (Fsp3) is 0.583. The Kier molecular flexibility index (Phi) is 3.21. The van der Waals surface area contributed by atoms with Gasteiger partial charge in [0.25, 0.3) is 0 Å². The molecule has 7 nitrogen and oxygen atoms in total. The molecule has 0 radical (unpaired) electrons. The van der Waals surface area contributed by atoms with Gasteiger partial charge in [0.1, 0.15) is 5.60 Å². The Hall–Kier alpha value is -2.05. The first kappa shape index (κ1) is 13.4. The monoisotopic (exact) mass is 267 g/mol. The van der Waals surface area contributed by atoms with Crippen molar-refractivity contribution in [2.45, 2.75) is 39.5 Å². The van der Waals surface area contributed by atoms with Gasteiger partial charge in [0, 0.05) is 0 Å². The van der Waals surface area contributed by atoms with E-state index in [2.05, 4.69) is 14.7 Å². The molecule has 104 valence electrons. The summed E-state index contributed by atoms with van der Waals surface area (Å²) in [4.78, 5) is 31.7. The van der Waals surface area contributed by atoms with Crippen LogP contribution in [-0.4, -0.2) is 39.6 Å². The zero-order valence-corrected chi connectivity index (χ0v) is 11.4. The van der Waals surface area contributed by atoms with Crippen molar-refractivity contribution >= 4 is 12.1 Å². The van der Waals surface area contributed by atoms with E-state index >= 15 is 0 Å². The molecule has 1 aliphatic rings. The van der Waals surface area contributed by atoms with Crippen LogP contribution in [0.5, 0.6) is 0 Å². The molecule has 1 amide bonds. The molecule has 0 fully saturated rings. The Morgan fingerprint density at radius 3 is 2.53 bits per heavy atom. The Labute approximate surface area is 110 Å². The van der Waals surface area contributed by atoms with E-state index in [0.29, 0.717) is 18.8 Å². The first-order valence-electron chi connectivity index (χ1n) is 5.94. The van der Waals surface area contributed by atoms with Crippen LogP contribution in [0.4, 0.5) is 4.79 Å². The molecule has 1 aromatic rings. The lowest BCUT2D eigenvalue weighted by molar-refractivity contribution is 0.0238. The number of hydrogen-bond acceptors (Lipinski definition) is 5. The molecule has 0 saturated carbocycles. The first-order valence-corrected chi connectivity index (χ1v) is 5.94. The zero-order valence-electron chi connectivity index (χ0n) is 11.4. The van der Waals surface area contributed by atoms with E-state index in [9.17, 15) is 9.59 Å². The number of aromatic nitrogens is 2. The number of carbonyl (C=O) groups is 2. The number of ether oxygens (including phenoxy) is 2. The van der Waals surface area contributed by atoms with Crippen molar-refractivity contribution < 1.29 is 19.1 Å². The summed E-state index contributed by atoms with van der Waals surface area (Å²) in [5.74, 6) is -0.352. The van der Waals surface area contributed by atoms with Gasteiger partial charge in [-0.05, 0) is 20.8 Å². The van der Waals surface area contributed by atoms with E-state index in [1.807, 2.05) is 20.8 Å². The third-order valence-electron chi connectivity index (χ3n) is 2.58. The summed E-state index contributed by atoms with van der Waals surface area (Å²) >= 11 is 0. The fourth-order valence-corrected chi connectivity index (χ4v) is 1.78. The third-order valence-corrected chi connectivity index (χ3v) is 2.58. The number of amides is 1. The summed E-state index contributed by atoms with van der Waals surface area (Å²) in [5.41, 5.74) is 0.885. The fourth-order valence-electron chi connectivity index (χ4n) is 1.78. The molecule has 1 N–H and O–H groups in total. The number of methoxy groups -OCH3 is 1. The van der Waals surface area contributed by atoms with E-state index in [4.69, 9.17) is 4.74 Å². The minimum Gasteiger partial charge on any atom is -0.463 e. The SMILES string of the molecule is COC(=O)c1nc2c([nH]1)CN(C(=O)OC(C)(C)C)C2. The van der Waals surface area contributed by atoms with Gasteiger partial charge in [-0.2, -0.15) is 0 Å². The molecule has 1 aromatic heterocycles. The van der Waals surface area contributed by atoms with Gasteiger partial charge in [-0.1, -0.05) is 0 Å². The summed E-state index contributed by atoms with van der Waals surface area (Å²) in [7, 11) is 1.29. The number of imidazole rings is 1. The maximum absolute atomic E-state index is 11.9. The summed E-state index contributed by atoms with van der Waals surface area (Å²) in [6.45, 7) is 6.13. The van der Waals surface area contributed by atoms with Crippen LogP contribution in [0, 0.1) is 0 Å². The van der Waals surface area contributed by atoms with Crippen LogP contribution in [0.25, 0.3) is 0 Å². The van der Waals surface area contributed by atoms with E-state index in [1.165, 1.54) is 12.0 Å². The van der Waals surface area contributed by atoms with Crippen LogP contribution < -0.4 is 0 Å². The second-order valence-electron chi connectivity index (χ2n) is 5.34. The highest BCUT2D eigenvalue weighted by molar-refractivity contribution is 5.85. The van der Waals surface area contributed by atoms with Crippen LogP contribution >= 0.6 is 0 Å². The molecule has 2 heterocycles. The van der Waals surface area contributed by atoms with E-state index in [1.54, 1.807) is 0 Å². The molecule has 7 heteroatoms. The van der Waals surface area contributed by atoms with Crippen molar-refractivity contribution in [1.82, 2.24) is 14.9 Å². The standard InChI is InChI=1S/C12H17N3O4/c1-12(2,3)19-11(17)15-5-7-8(6-15)14-9(13-7)10(16)18-4/h5-6H2,1-4H3,(H,13,14). The summed E-state index contributed by atoms with van der Waals surface area (Å²) < 4.78 is 9.85. The number of rotatable bonds is 1. The second-order valence-corrected chi connectivity index (χ2v) is 5.34. The number of H-pyrrole nitrogens is 1. The summed E-state index contributed by atoms with van der Waals surface area (Å²) in [6, 6.07) is 0. The van der Waals surface area contributed by atoms with Gasteiger partial charge in [0.05, 0.1) is 31.6 Å². The highest BCUT2D eigenvalue weighted by atomic mass is 16.6. The topological polar surface area (TPSA) is 84.5 Å². The minimum atomic E-state index is -0.530. The Morgan fingerprint density at radius 2 is 2.00 bits per heavy atom. The normalized spacial score (nSPS) is 14.2. The summed E-state index contributed by atoms with van der Waals surface area (Å²) in [5, 5.41) is 0. The highest BCUT2D eigenvalue weighted by Gasteiger charge is 2.31. The maximum Gasteiger partial charge on any atom is 0.410 e. The van der Waals surface area contributed by atoms with E-state index < -0.39 is 17.7 Å². The molecule has 0 aromatic carbocycles. The number of hydrogen-bond donors (Lipinski definition) is 1. The van der Waals surface area contributed by atoms with Crippen molar-refractivity contribution in [2.75, 3.05) is 7.11 Å². The Balaban J connectivity index is 2.04. The Morgan fingerprint density at radius 1 is 1.32 bits per heavy atom. The maximum atomic E-state index is 11.9. The quantitative estimate of drug-likeness (QED) is 0.778. The highest BCUT2D eigenvalue weighted by Crippen LogP contribution is 2.22. The second kappa shape index (κ2) is 4.56. The molecular formula is C12H17N3O4. The predicted octanol–water partition coefficient (Wildman–Crippen LogP) is 1.45. The molecular weight excluding hydrogens is 250 g/mol. The van der Waals surface area contributed by atoms with Gasteiger partial charge in [0.15, 0.2) is 0 Å². The van der Waals surface area contributed by atoms with Crippen molar-refractivity contribution in [2.24, 2.45) is 0 Å². The van der Waals surface area contributed by atoms with Crippen LogP contribution in [-0.2, 0) is 22.6 Å². The van der Waals surface area contributed by atoms with Crippen LogP contribution in [0.3, 0.4) is 0 Å². The van der Waals surface area contributed by atoms with Crippen LogP contribution in [0.15, 0.2) is 0 Å². The van der Waals surface area contributed by atoms with E-state index in [-0.39, 0.29) is 5.82 Å². The molecule has 0 unspecified atom stereocenters. The molecule has 0 saturated heterocycles. The van der Waals surface area contributed by atoms with Crippen LogP contribution in [0.1, 0.15) is 42.8 Å². The minimum absolute atomic E-state index is 0.163. The molecule has 1 aliphatic heterocycles. The lowest BCUT2D eigenvalue weighted by Crippen LogP contribution is -2.33. The van der Waals surface area contributed by atoms with Gasteiger partial charge in [-0.15, -0.1) is 0 Å². The molecule has 0 aliphatic carbocycles. The van der Waals surface area contributed by atoms with Crippen LogP contribution in [0.2, 0.25) is 0 Å². The lowest BCUT2D eigenvalue weighted by atomic mass is 10.2. The number of carbonyl (C=O) groups excluding carboxylic acids is 2. The van der Waals surface area contributed by atoms with Crippen molar-refractivity contribution in [3.05, 3.63) is 17.2 Å².